The highest BCUT2D eigenvalue weighted by Crippen LogP contribution is 2.45. The molecular formula is C12H19NO6S. The summed E-state index contributed by atoms with van der Waals surface area (Å²) in [5.41, 5.74) is -0.666. The Hall–Kier alpha value is -1.31. The van der Waals surface area contributed by atoms with Gasteiger partial charge in [-0.15, -0.1) is 0 Å². The smallest absolute Gasteiger partial charge is 0.410 e. The first-order chi connectivity index (χ1) is 8.98. The second kappa shape index (κ2) is 4.34. The number of carboxylic acids is 1. The van der Waals surface area contributed by atoms with Gasteiger partial charge in [0.2, 0.25) is 0 Å². The van der Waals surface area contributed by atoms with E-state index in [1.54, 1.807) is 20.8 Å². The lowest BCUT2D eigenvalue weighted by atomic mass is 9.83. The number of carbonyl (C=O) groups is 2. The molecule has 0 aliphatic carbocycles. The minimum Gasteiger partial charge on any atom is -0.481 e. The number of nitrogens with zero attached hydrogens (tertiary/aromatic N) is 1. The Kier molecular flexibility index (Phi) is 3.27. The van der Waals surface area contributed by atoms with Gasteiger partial charge in [-0.1, -0.05) is 0 Å². The van der Waals surface area contributed by atoms with Crippen LogP contribution in [0.1, 0.15) is 27.2 Å². The number of ether oxygens (including phenoxy) is 1. The van der Waals surface area contributed by atoms with Crippen molar-refractivity contribution in [3.63, 3.8) is 0 Å². The van der Waals surface area contributed by atoms with Crippen molar-refractivity contribution in [2.24, 2.45) is 5.92 Å². The molecule has 2 aliphatic heterocycles. The molecule has 114 valence electrons. The molecule has 0 aromatic heterocycles. The van der Waals surface area contributed by atoms with Crippen LogP contribution in [0.15, 0.2) is 0 Å². The van der Waals surface area contributed by atoms with E-state index < -0.39 is 38.2 Å². The Morgan fingerprint density at radius 1 is 1.30 bits per heavy atom. The molecule has 0 aromatic rings. The van der Waals surface area contributed by atoms with Gasteiger partial charge < -0.3 is 14.7 Å². The summed E-state index contributed by atoms with van der Waals surface area (Å²) in [4.78, 5) is 24.3. The largest absolute Gasteiger partial charge is 0.481 e. The third kappa shape index (κ3) is 2.25. The number of hydrogen-bond acceptors (Lipinski definition) is 5. The molecule has 2 fully saturated rings. The van der Waals surface area contributed by atoms with Gasteiger partial charge in [-0.2, -0.15) is 0 Å². The lowest BCUT2D eigenvalue weighted by Gasteiger charge is -2.48. The van der Waals surface area contributed by atoms with Crippen molar-refractivity contribution < 1.29 is 27.9 Å². The van der Waals surface area contributed by atoms with E-state index >= 15 is 0 Å². The van der Waals surface area contributed by atoms with Gasteiger partial charge in [0, 0.05) is 13.1 Å². The number of carboxylic acid groups (broad SMARTS) is 1. The maximum absolute atomic E-state index is 12.1. The molecule has 1 N–H and O–H groups in total. The van der Waals surface area contributed by atoms with E-state index in [0.717, 1.165) is 0 Å². The van der Waals surface area contributed by atoms with Crippen LogP contribution in [-0.4, -0.2) is 59.7 Å². The van der Waals surface area contributed by atoms with Crippen molar-refractivity contribution >= 4 is 21.9 Å². The van der Waals surface area contributed by atoms with E-state index in [1.807, 2.05) is 0 Å². The molecule has 0 unspecified atom stereocenters. The normalized spacial score (nSPS) is 27.1. The van der Waals surface area contributed by atoms with Gasteiger partial charge in [-0.3, -0.25) is 4.79 Å². The number of amides is 1. The van der Waals surface area contributed by atoms with Gasteiger partial charge in [0.1, 0.15) is 10.3 Å². The lowest BCUT2D eigenvalue weighted by molar-refractivity contribution is -0.144. The monoisotopic (exact) mass is 305 g/mol. The van der Waals surface area contributed by atoms with Gasteiger partial charge in [-0.25, -0.2) is 13.2 Å². The first-order valence-corrected chi connectivity index (χ1v) is 8.07. The summed E-state index contributed by atoms with van der Waals surface area (Å²) < 4.78 is 28.0. The van der Waals surface area contributed by atoms with E-state index in [1.165, 1.54) is 4.90 Å². The van der Waals surface area contributed by atoms with Gasteiger partial charge in [-0.05, 0) is 27.2 Å². The van der Waals surface area contributed by atoms with Crippen LogP contribution in [0.2, 0.25) is 0 Å². The lowest BCUT2D eigenvalue weighted by Crippen LogP contribution is -2.69. The number of rotatable bonds is 1. The molecule has 2 rings (SSSR count). The van der Waals surface area contributed by atoms with Crippen LogP contribution in [0.5, 0.6) is 0 Å². The van der Waals surface area contributed by atoms with Crippen molar-refractivity contribution in [2.45, 2.75) is 37.5 Å². The fourth-order valence-electron chi connectivity index (χ4n) is 2.78. The van der Waals surface area contributed by atoms with Gasteiger partial charge in [0.05, 0.1) is 11.7 Å². The van der Waals surface area contributed by atoms with Crippen molar-refractivity contribution in [3.05, 3.63) is 0 Å². The SMILES string of the molecule is CC(C)(C)OC(=O)N1CC2(C1)[C@@H](C(=O)O)CCS2(=O)=O. The highest BCUT2D eigenvalue weighted by Gasteiger charge is 2.65. The first kappa shape index (κ1) is 15.1. The van der Waals surface area contributed by atoms with Crippen LogP contribution in [0.4, 0.5) is 4.79 Å². The quantitative estimate of drug-likeness (QED) is 0.757. The summed E-state index contributed by atoms with van der Waals surface area (Å²) in [6, 6.07) is 0. The summed E-state index contributed by atoms with van der Waals surface area (Å²) in [5.74, 6) is -2.19. The number of likely N-dealkylation sites (tertiary alicyclic amines) is 1. The zero-order chi connectivity index (χ0) is 15.3. The number of sulfone groups is 1. The second-order valence-corrected chi connectivity index (χ2v) is 8.85. The molecule has 1 spiro atoms. The molecule has 0 saturated carbocycles. The summed E-state index contributed by atoms with van der Waals surface area (Å²) in [5, 5.41) is 9.16. The third-order valence-electron chi connectivity index (χ3n) is 3.80. The molecule has 8 heteroatoms. The predicted molar refractivity (Wildman–Crippen MR) is 70.1 cm³/mol. The zero-order valence-electron chi connectivity index (χ0n) is 11.7. The second-order valence-electron chi connectivity index (χ2n) is 6.40. The molecule has 2 aliphatic rings. The van der Waals surface area contributed by atoms with E-state index in [0.29, 0.717) is 0 Å². The van der Waals surface area contributed by atoms with Crippen LogP contribution in [-0.2, 0) is 19.4 Å². The topological polar surface area (TPSA) is 101 Å². The molecule has 2 heterocycles. The summed E-state index contributed by atoms with van der Waals surface area (Å²) >= 11 is 0. The fraction of sp³-hybridized carbons (Fsp3) is 0.833. The van der Waals surface area contributed by atoms with Crippen LogP contribution in [0, 0.1) is 5.92 Å². The maximum Gasteiger partial charge on any atom is 0.410 e. The van der Waals surface area contributed by atoms with Gasteiger partial charge in [0.15, 0.2) is 9.84 Å². The molecule has 1 atom stereocenters. The highest BCUT2D eigenvalue weighted by atomic mass is 32.2. The minimum absolute atomic E-state index is 0.0960. The van der Waals surface area contributed by atoms with E-state index in [4.69, 9.17) is 9.84 Å². The van der Waals surface area contributed by atoms with Crippen LogP contribution in [0.25, 0.3) is 0 Å². The Bertz CT molecular complexity index is 541. The molecule has 0 radical (unpaired) electrons. The average Bonchev–Trinajstić information content (AvgIpc) is 2.44. The van der Waals surface area contributed by atoms with E-state index in [2.05, 4.69) is 0 Å². The number of carbonyl (C=O) groups excluding carboxylic acids is 1. The van der Waals surface area contributed by atoms with Crippen molar-refractivity contribution in [3.8, 4) is 0 Å². The van der Waals surface area contributed by atoms with Crippen molar-refractivity contribution in [1.29, 1.82) is 0 Å². The Morgan fingerprint density at radius 3 is 2.30 bits per heavy atom. The number of aliphatic carboxylic acids is 1. The molecule has 1 amide bonds. The standard InChI is InChI=1S/C12H19NO6S/c1-11(2,3)19-10(16)13-6-12(7-13)8(9(14)15)4-5-20(12,17)18/h8H,4-7H2,1-3H3,(H,14,15)/t8-/m1/s1. The fourth-order valence-corrected chi connectivity index (χ4v) is 5.09. The van der Waals surface area contributed by atoms with E-state index in [9.17, 15) is 18.0 Å². The summed E-state index contributed by atoms with van der Waals surface area (Å²) in [6.07, 6.45) is -0.492. The average molecular weight is 305 g/mol. The molecule has 7 nitrogen and oxygen atoms in total. The highest BCUT2D eigenvalue weighted by molar-refractivity contribution is 7.93. The minimum atomic E-state index is -3.48. The van der Waals surface area contributed by atoms with Crippen LogP contribution >= 0.6 is 0 Å². The molecule has 0 bridgehead atoms. The van der Waals surface area contributed by atoms with Gasteiger partial charge in [0.25, 0.3) is 0 Å². The maximum atomic E-state index is 12.1. The summed E-state index contributed by atoms with van der Waals surface area (Å²) in [7, 11) is -3.48. The molecule has 0 aromatic carbocycles. The molecular weight excluding hydrogens is 286 g/mol. The van der Waals surface area contributed by atoms with Gasteiger partial charge >= 0.3 is 12.1 Å². The Labute approximate surface area is 117 Å². The number of hydrogen-bond donors (Lipinski definition) is 1. The predicted octanol–water partition coefficient (Wildman–Crippen LogP) is 0.495. The van der Waals surface area contributed by atoms with Crippen LogP contribution < -0.4 is 0 Å². The van der Waals surface area contributed by atoms with Crippen LogP contribution in [0.3, 0.4) is 0 Å². The Balaban J connectivity index is 2.13. The van der Waals surface area contributed by atoms with Crippen molar-refractivity contribution in [1.82, 2.24) is 4.90 Å². The third-order valence-corrected chi connectivity index (χ3v) is 6.35. The molecule has 20 heavy (non-hydrogen) atoms. The van der Waals surface area contributed by atoms with E-state index in [-0.39, 0.29) is 25.3 Å². The van der Waals surface area contributed by atoms with Crippen molar-refractivity contribution in [2.75, 3.05) is 18.8 Å². The Morgan fingerprint density at radius 2 is 1.85 bits per heavy atom. The zero-order valence-corrected chi connectivity index (χ0v) is 12.6. The first-order valence-electron chi connectivity index (χ1n) is 6.42. The summed E-state index contributed by atoms with van der Waals surface area (Å²) in [6.45, 7) is 4.95. The molecule has 2 saturated heterocycles.